The van der Waals surface area contributed by atoms with Crippen molar-refractivity contribution in [2.24, 2.45) is 0 Å². The Morgan fingerprint density at radius 1 is 0.966 bits per heavy atom. The van der Waals surface area contributed by atoms with E-state index in [2.05, 4.69) is 23.1 Å². The summed E-state index contributed by atoms with van der Waals surface area (Å²) in [6.07, 6.45) is 3.26. The summed E-state index contributed by atoms with van der Waals surface area (Å²) >= 11 is 5.05. The second kappa shape index (κ2) is 11.7. The molecule has 7 nitrogen and oxygen atoms in total. The van der Waals surface area contributed by atoms with Crippen molar-refractivity contribution in [2.45, 2.75) is 26.2 Å². The van der Waals surface area contributed by atoms with E-state index in [1.54, 1.807) is 48.5 Å². The van der Waals surface area contributed by atoms with Gasteiger partial charge in [-0.15, -0.1) is 0 Å². The van der Waals surface area contributed by atoms with E-state index in [-0.39, 0.29) is 5.11 Å². The maximum absolute atomic E-state index is 12.3. The number of thiocarbonyl (C=S) groups is 1. The third-order valence-corrected chi connectivity index (χ3v) is 4.21. The normalized spacial score (nSPS) is 10.0. The van der Waals surface area contributed by atoms with Crippen LogP contribution in [0, 0.1) is 0 Å². The molecule has 0 saturated carbocycles. The van der Waals surface area contributed by atoms with Crippen LogP contribution < -0.4 is 25.6 Å². The Kier molecular flexibility index (Phi) is 8.91. The van der Waals surface area contributed by atoms with Gasteiger partial charge in [0.15, 0.2) is 5.11 Å². The lowest BCUT2D eigenvalue weighted by atomic mass is 10.2. The topological polar surface area (TPSA) is 88.7 Å². The van der Waals surface area contributed by atoms with Crippen molar-refractivity contribution in [2.75, 3.05) is 13.7 Å². The fourth-order valence-corrected chi connectivity index (χ4v) is 2.61. The molecule has 29 heavy (non-hydrogen) atoms. The van der Waals surface area contributed by atoms with Crippen molar-refractivity contribution in [3.05, 3.63) is 59.7 Å². The molecule has 0 aliphatic carbocycles. The number of hydrazine groups is 1. The molecule has 2 aromatic rings. The van der Waals surface area contributed by atoms with Gasteiger partial charge in [0.2, 0.25) is 0 Å². The number of methoxy groups -OCH3 is 1. The van der Waals surface area contributed by atoms with Gasteiger partial charge in [-0.3, -0.25) is 25.8 Å². The lowest BCUT2D eigenvalue weighted by Gasteiger charge is -2.12. The fraction of sp³-hybridized carbons (Fsp3) is 0.286. The molecule has 0 radical (unpaired) electrons. The van der Waals surface area contributed by atoms with Crippen LogP contribution in [0.5, 0.6) is 11.5 Å². The largest absolute Gasteiger partial charge is 0.496 e. The predicted octanol–water partition coefficient (Wildman–Crippen LogP) is 3.21. The van der Waals surface area contributed by atoms with Crippen molar-refractivity contribution in [1.82, 2.24) is 16.2 Å². The van der Waals surface area contributed by atoms with E-state index in [0.717, 1.165) is 19.3 Å². The molecule has 0 aromatic heterocycles. The van der Waals surface area contributed by atoms with Crippen molar-refractivity contribution in [3.63, 3.8) is 0 Å². The van der Waals surface area contributed by atoms with E-state index in [1.807, 2.05) is 0 Å². The Morgan fingerprint density at radius 2 is 1.69 bits per heavy atom. The SMILES string of the molecule is CCCCCOc1ccc(C(=O)NC(=S)NNC(=O)c2ccccc2OC)cc1. The van der Waals surface area contributed by atoms with Crippen molar-refractivity contribution >= 4 is 29.1 Å². The van der Waals surface area contributed by atoms with Crippen LogP contribution in [-0.2, 0) is 0 Å². The van der Waals surface area contributed by atoms with Crippen LogP contribution in [0.3, 0.4) is 0 Å². The minimum Gasteiger partial charge on any atom is -0.496 e. The number of para-hydroxylation sites is 1. The Balaban J connectivity index is 1.81. The molecule has 3 N–H and O–H groups in total. The highest BCUT2D eigenvalue weighted by atomic mass is 32.1. The number of hydrogen-bond acceptors (Lipinski definition) is 5. The molecule has 0 unspecified atom stereocenters. The van der Waals surface area contributed by atoms with Crippen molar-refractivity contribution in [1.29, 1.82) is 0 Å². The number of rotatable bonds is 8. The number of ether oxygens (including phenoxy) is 2. The van der Waals surface area contributed by atoms with E-state index in [0.29, 0.717) is 29.2 Å². The number of benzene rings is 2. The molecule has 154 valence electrons. The first-order chi connectivity index (χ1) is 14.0. The van der Waals surface area contributed by atoms with Gasteiger partial charge >= 0.3 is 0 Å². The number of unbranched alkanes of at least 4 members (excludes halogenated alkanes) is 2. The van der Waals surface area contributed by atoms with Crippen molar-refractivity contribution in [3.8, 4) is 11.5 Å². The van der Waals surface area contributed by atoms with Gasteiger partial charge in [-0.2, -0.15) is 0 Å². The summed E-state index contributed by atoms with van der Waals surface area (Å²) in [5.41, 5.74) is 5.69. The van der Waals surface area contributed by atoms with Crippen molar-refractivity contribution < 1.29 is 19.1 Å². The summed E-state index contributed by atoms with van der Waals surface area (Å²) in [7, 11) is 1.48. The standard InChI is InChI=1S/C21H25N3O4S/c1-3-4-7-14-28-16-12-10-15(11-13-16)19(25)22-21(29)24-23-20(26)17-8-5-6-9-18(17)27-2/h5-6,8-13H,3-4,7,14H2,1-2H3,(H,23,26)(H2,22,24,25,29). The molecule has 2 amide bonds. The monoisotopic (exact) mass is 415 g/mol. The Bertz CT molecular complexity index is 840. The Morgan fingerprint density at radius 3 is 2.38 bits per heavy atom. The third kappa shape index (κ3) is 7.08. The molecule has 8 heteroatoms. The first-order valence-electron chi connectivity index (χ1n) is 9.32. The molecule has 0 aliphatic rings. The minimum absolute atomic E-state index is 0.0295. The summed E-state index contributed by atoms with van der Waals surface area (Å²) in [5.74, 6) is 0.302. The highest BCUT2D eigenvalue weighted by Gasteiger charge is 2.12. The van der Waals surface area contributed by atoms with Crippen LogP contribution in [0.1, 0.15) is 46.9 Å². The average molecular weight is 416 g/mol. The van der Waals surface area contributed by atoms with E-state index in [1.165, 1.54) is 7.11 Å². The van der Waals surface area contributed by atoms with Gasteiger partial charge in [0.25, 0.3) is 11.8 Å². The molecule has 0 heterocycles. The lowest BCUT2D eigenvalue weighted by molar-refractivity contribution is 0.0932. The van der Waals surface area contributed by atoms with E-state index < -0.39 is 11.8 Å². The number of carbonyl (C=O) groups excluding carboxylic acids is 2. The van der Waals surface area contributed by atoms with Crippen LogP contribution in [0.25, 0.3) is 0 Å². The van der Waals surface area contributed by atoms with Crippen LogP contribution in [0.4, 0.5) is 0 Å². The third-order valence-electron chi connectivity index (χ3n) is 4.00. The zero-order chi connectivity index (χ0) is 21.1. The van der Waals surface area contributed by atoms with Crippen LogP contribution in [0.15, 0.2) is 48.5 Å². The van der Waals surface area contributed by atoms with E-state index in [4.69, 9.17) is 21.7 Å². The molecule has 0 aliphatic heterocycles. The average Bonchev–Trinajstić information content (AvgIpc) is 2.75. The summed E-state index contributed by atoms with van der Waals surface area (Å²) in [6.45, 7) is 2.79. The quantitative estimate of drug-likeness (QED) is 0.349. The van der Waals surface area contributed by atoms with Gasteiger partial charge in [0.1, 0.15) is 11.5 Å². The van der Waals surface area contributed by atoms with Crippen LogP contribution >= 0.6 is 12.2 Å². The number of amides is 2. The molecule has 0 fully saturated rings. The van der Waals surface area contributed by atoms with E-state index >= 15 is 0 Å². The zero-order valence-electron chi connectivity index (χ0n) is 16.5. The highest BCUT2D eigenvalue weighted by Crippen LogP contribution is 2.16. The first-order valence-corrected chi connectivity index (χ1v) is 9.73. The second-order valence-electron chi connectivity index (χ2n) is 6.14. The first kappa shape index (κ1) is 22.2. The summed E-state index contributed by atoms with van der Waals surface area (Å²) in [5, 5.41) is 2.48. The lowest BCUT2D eigenvalue weighted by Crippen LogP contribution is -2.48. The smallest absolute Gasteiger partial charge is 0.273 e. The molecular weight excluding hydrogens is 390 g/mol. The molecule has 2 rings (SSSR count). The number of hydrogen-bond donors (Lipinski definition) is 3. The second-order valence-corrected chi connectivity index (χ2v) is 6.55. The predicted molar refractivity (Wildman–Crippen MR) is 115 cm³/mol. The summed E-state index contributed by atoms with van der Waals surface area (Å²) in [4.78, 5) is 24.5. The van der Waals surface area contributed by atoms with Crippen LogP contribution in [0.2, 0.25) is 0 Å². The molecule has 0 atom stereocenters. The Labute approximate surface area is 175 Å². The number of carbonyl (C=O) groups is 2. The van der Waals surface area contributed by atoms with Gasteiger partial charge in [0, 0.05) is 5.56 Å². The number of nitrogens with one attached hydrogen (secondary N) is 3. The van der Waals surface area contributed by atoms with Gasteiger partial charge in [0.05, 0.1) is 19.3 Å². The summed E-state index contributed by atoms with van der Waals surface area (Å²) < 4.78 is 10.8. The molecule has 0 spiro atoms. The van der Waals surface area contributed by atoms with Gasteiger partial charge < -0.3 is 9.47 Å². The maximum Gasteiger partial charge on any atom is 0.273 e. The maximum atomic E-state index is 12.3. The minimum atomic E-state index is -0.441. The summed E-state index contributed by atoms with van der Waals surface area (Å²) in [6, 6.07) is 13.5. The van der Waals surface area contributed by atoms with Gasteiger partial charge in [-0.05, 0) is 55.0 Å². The van der Waals surface area contributed by atoms with Gasteiger partial charge in [-0.1, -0.05) is 31.9 Å². The van der Waals surface area contributed by atoms with E-state index in [9.17, 15) is 9.59 Å². The molecule has 0 saturated heterocycles. The Hall–Kier alpha value is -3.13. The van der Waals surface area contributed by atoms with Crippen LogP contribution in [-0.4, -0.2) is 30.6 Å². The zero-order valence-corrected chi connectivity index (χ0v) is 17.3. The molecule has 0 bridgehead atoms. The molecular formula is C21H25N3O4S. The fourth-order valence-electron chi connectivity index (χ4n) is 2.46. The van der Waals surface area contributed by atoms with Gasteiger partial charge in [-0.25, -0.2) is 0 Å². The molecule has 2 aromatic carbocycles. The highest BCUT2D eigenvalue weighted by molar-refractivity contribution is 7.80.